The van der Waals surface area contributed by atoms with Gasteiger partial charge in [-0.2, -0.15) is 0 Å². The third-order valence-electron chi connectivity index (χ3n) is 3.96. The third-order valence-corrected chi connectivity index (χ3v) is 3.96. The number of nitrogens with one attached hydrogen (secondary N) is 2. The zero-order chi connectivity index (χ0) is 19.5. The Kier molecular flexibility index (Phi) is 8.16. The molecule has 0 atom stereocenters. The normalized spacial score (nSPS) is 10.1. The number of ether oxygens (including phenoxy) is 2. The molecule has 0 saturated heterocycles. The zero-order valence-corrected chi connectivity index (χ0v) is 15.8. The number of hydrogen-bond acceptors (Lipinski definition) is 4. The lowest BCUT2D eigenvalue weighted by atomic mass is 10.1. The number of urea groups is 1. The van der Waals surface area contributed by atoms with E-state index in [1.54, 1.807) is 31.4 Å². The molecule has 0 fully saturated rings. The van der Waals surface area contributed by atoms with Gasteiger partial charge < -0.3 is 20.1 Å². The van der Waals surface area contributed by atoms with Crippen molar-refractivity contribution in [2.24, 2.45) is 0 Å². The highest BCUT2D eigenvalue weighted by molar-refractivity contribution is 6.00. The maximum Gasteiger partial charge on any atom is 0.340 e. The minimum absolute atomic E-state index is 0.344. The van der Waals surface area contributed by atoms with Crippen LogP contribution in [0.15, 0.2) is 48.5 Å². The predicted molar refractivity (Wildman–Crippen MR) is 105 cm³/mol. The average molecular weight is 370 g/mol. The fourth-order valence-corrected chi connectivity index (χ4v) is 2.47. The minimum Gasteiger partial charge on any atom is -0.497 e. The number of anilines is 1. The van der Waals surface area contributed by atoms with Gasteiger partial charge >= 0.3 is 12.0 Å². The first-order chi connectivity index (χ1) is 13.1. The summed E-state index contributed by atoms with van der Waals surface area (Å²) in [6, 6.07) is 14.1. The van der Waals surface area contributed by atoms with Crippen LogP contribution in [0.2, 0.25) is 0 Å². The lowest BCUT2D eigenvalue weighted by Gasteiger charge is -2.12. The van der Waals surface area contributed by atoms with Crippen LogP contribution in [0.5, 0.6) is 5.75 Å². The summed E-state index contributed by atoms with van der Waals surface area (Å²) in [5.41, 5.74) is 1.84. The Morgan fingerprint density at radius 2 is 1.89 bits per heavy atom. The van der Waals surface area contributed by atoms with Crippen molar-refractivity contribution in [2.75, 3.05) is 25.6 Å². The first-order valence-corrected chi connectivity index (χ1v) is 9.08. The van der Waals surface area contributed by atoms with E-state index in [0.717, 1.165) is 24.2 Å². The fourth-order valence-electron chi connectivity index (χ4n) is 2.47. The number of hydrogen-bond donors (Lipinski definition) is 2. The van der Waals surface area contributed by atoms with E-state index in [0.29, 0.717) is 30.8 Å². The third kappa shape index (κ3) is 6.66. The van der Waals surface area contributed by atoms with Crippen molar-refractivity contribution < 1.29 is 19.1 Å². The number of carbonyl (C=O) groups excluding carboxylic acids is 2. The van der Waals surface area contributed by atoms with E-state index >= 15 is 0 Å². The van der Waals surface area contributed by atoms with E-state index in [1.807, 2.05) is 31.2 Å². The molecule has 0 aliphatic rings. The second-order valence-electron chi connectivity index (χ2n) is 6.02. The van der Waals surface area contributed by atoms with Gasteiger partial charge in [-0.05, 0) is 42.7 Å². The van der Waals surface area contributed by atoms with Crippen molar-refractivity contribution in [1.82, 2.24) is 5.32 Å². The topological polar surface area (TPSA) is 76.7 Å². The van der Waals surface area contributed by atoms with E-state index in [2.05, 4.69) is 10.6 Å². The number of carbonyl (C=O) groups is 2. The molecule has 2 aromatic rings. The van der Waals surface area contributed by atoms with Gasteiger partial charge in [-0.3, -0.25) is 0 Å². The number of rotatable bonds is 9. The van der Waals surface area contributed by atoms with Crippen molar-refractivity contribution in [3.05, 3.63) is 59.7 Å². The first-order valence-electron chi connectivity index (χ1n) is 9.08. The molecule has 6 heteroatoms. The maximum absolute atomic E-state index is 12.2. The van der Waals surface area contributed by atoms with Crippen LogP contribution < -0.4 is 15.4 Å². The molecule has 0 aliphatic heterocycles. The summed E-state index contributed by atoms with van der Waals surface area (Å²) in [7, 11) is 1.62. The van der Waals surface area contributed by atoms with Crippen LogP contribution in [0.1, 0.15) is 35.7 Å². The summed E-state index contributed by atoms with van der Waals surface area (Å²) >= 11 is 0. The molecule has 2 N–H and O–H groups in total. The molecule has 0 unspecified atom stereocenters. The smallest absolute Gasteiger partial charge is 0.340 e. The summed E-state index contributed by atoms with van der Waals surface area (Å²) in [4.78, 5) is 24.3. The van der Waals surface area contributed by atoms with E-state index in [1.165, 1.54) is 0 Å². The van der Waals surface area contributed by atoms with Gasteiger partial charge in [-0.25, -0.2) is 9.59 Å². The van der Waals surface area contributed by atoms with Crippen LogP contribution in [-0.4, -0.2) is 32.3 Å². The second-order valence-corrected chi connectivity index (χ2v) is 6.02. The van der Waals surface area contributed by atoms with Gasteiger partial charge in [0.2, 0.25) is 0 Å². The molecule has 2 rings (SSSR count). The van der Waals surface area contributed by atoms with E-state index < -0.39 is 5.97 Å². The number of para-hydroxylation sites is 1. The monoisotopic (exact) mass is 370 g/mol. The highest BCUT2D eigenvalue weighted by atomic mass is 16.5. The Labute approximate surface area is 159 Å². The van der Waals surface area contributed by atoms with Crippen LogP contribution in [-0.2, 0) is 11.2 Å². The quantitative estimate of drug-likeness (QED) is 0.516. The summed E-state index contributed by atoms with van der Waals surface area (Å²) in [5.74, 6) is 0.350. The molecule has 0 aromatic heterocycles. The molecule has 0 heterocycles. The molecular formula is C21H26N2O4. The Hall–Kier alpha value is -3.02. The van der Waals surface area contributed by atoms with Crippen LogP contribution in [0.3, 0.4) is 0 Å². The van der Waals surface area contributed by atoms with Crippen molar-refractivity contribution in [1.29, 1.82) is 0 Å². The van der Waals surface area contributed by atoms with Crippen LogP contribution in [0.25, 0.3) is 0 Å². The van der Waals surface area contributed by atoms with Crippen molar-refractivity contribution in [2.45, 2.75) is 26.2 Å². The molecular weight excluding hydrogens is 344 g/mol. The Morgan fingerprint density at radius 3 is 2.67 bits per heavy atom. The summed E-state index contributed by atoms with van der Waals surface area (Å²) < 4.78 is 10.4. The van der Waals surface area contributed by atoms with Gasteiger partial charge in [-0.15, -0.1) is 0 Å². The zero-order valence-electron chi connectivity index (χ0n) is 15.8. The second kappa shape index (κ2) is 10.9. The summed E-state index contributed by atoms with van der Waals surface area (Å²) in [6.07, 6.45) is 2.43. The van der Waals surface area contributed by atoms with E-state index in [9.17, 15) is 9.59 Å². The molecule has 144 valence electrons. The highest BCUT2D eigenvalue weighted by Crippen LogP contribution is 2.16. The van der Waals surface area contributed by atoms with Gasteiger partial charge in [0.15, 0.2) is 0 Å². The highest BCUT2D eigenvalue weighted by Gasteiger charge is 2.14. The van der Waals surface area contributed by atoms with Gasteiger partial charge in [0, 0.05) is 6.54 Å². The molecule has 0 aliphatic carbocycles. The minimum atomic E-state index is -0.435. The Morgan fingerprint density at radius 1 is 1.07 bits per heavy atom. The molecule has 0 bridgehead atoms. The Balaban J connectivity index is 1.87. The van der Waals surface area contributed by atoms with Crippen LogP contribution in [0, 0.1) is 0 Å². The lowest BCUT2D eigenvalue weighted by molar-refractivity contribution is 0.0501. The number of benzene rings is 2. The van der Waals surface area contributed by atoms with Gasteiger partial charge in [0.05, 0.1) is 25.0 Å². The Bertz CT molecular complexity index is 761. The van der Waals surface area contributed by atoms with Crippen LogP contribution >= 0.6 is 0 Å². The maximum atomic E-state index is 12.2. The average Bonchev–Trinajstić information content (AvgIpc) is 2.68. The summed E-state index contributed by atoms with van der Waals surface area (Å²) in [5, 5.41) is 5.51. The van der Waals surface area contributed by atoms with Crippen LogP contribution in [0.4, 0.5) is 10.5 Å². The molecule has 2 aromatic carbocycles. The van der Waals surface area contributed by atoms with Gasteiger partial charge in [0.1, 0.15) is 5.75 Å². The molecule has 6 nitrogen and oxygen atoms in total. The molecule has 0 saturated carbocycles. The van der Waals surface area contributed by atoms with Crippen molar-refractivity contribution in [3.8, 4) is 5.75 Å². The summed E-state index contributed by atoms with van der Waals surface area (Å²) in [6.45, 7) is 2.86. The lowest BCUT2D eigenvalue weighted by Crippen LogP contribution is -2.31. The standard InChI is InChI=1S/C21H26N2O4/c1-3-4-14-27-20(24)18-10-5-6-11-19(18)23-21(25)22-13-12-16-8-7-9-17(15-16)26-2/h5-11,15H,3-4,12-14H2,1-2H3,(H2,22,23,25). The molecule has 2 amide bonds. The number of amides is 2. The van der Waals surface area contributed by atoms with Crippen molar-refractivity contribution >= 4 is 17.7 Å². The predicted octanol–water partition coefficient (Wildman–Crippen LogP) is 4.02. The largest absolute Gasteiger partial charge is 0.497 e. The van der Waals surface area contributed by atoms with Crippen molar-refractivity contribution in [3.63, 3.8) is 0 Å². The van der Waals surface area contributed by atoms with E-state index in [-0.39, 0.29) is 6.03 Å². The number of unbranched alkanes of at least 4 members (excludes halogenated alkanes) is 1. The van der Waals surface area contributed by atoms with Gasteiger partial charge in [-0.1, -0.05) is 37.6 Å². The SMILES string of the molecule is CCCCOC(=O)c1ccccc1NC(=O)NCCc1cccc(OC)c1. The molecule has 27 heavy (non-hydrogen) atoms. The van der Waals surface area contributed by atoms with E-state index in [4.69, 9.17) is 9.47 Å². The number of methoxy groups -OCH3 is 1. The molecule has 0 radical (unpaired) electrons. The number of esters is 1. The molecule has 0 spiro atoms. The van der Waals surface area contributed by atoms with Gasteiger partial charge in [0.25, 0.3) is 0 Å². The fraction of sp³-hybridized carbons (Fsp3) is 0.333. The first kappa shape index (κ1) is 20.3.